The minimum Gasteiger partial charge on any atom is -0.393 e. The summed E-state index contributed by atoms with van der Waals surface area (Å²) in [7, 11) is 0. The Morgan fingerprint density at radius 2 is 1.94 bits per heavy atom. The molecule has 1 aliphatic heterocycles. The number of fused-ring (bicyclic) bond motifs is 1. The van der Waals surface area contributed by atoms with Gasteiger partial charge in [-0.3, -0.25) is 0 Å². The van der Waals surface area contributed by atoms with Gasteiger partial charge in [0.05, 0.1) is 6.10 Å². The Kier molecular flexibility index (Phi) is 2.60. The van der Waals surface area contributed by atoms with Gasteiger partial charge in [0.25, 0.3) is 0 Å². The molecule has 0 aromatic heterocycles. The number of nitrogens with one attached hydrogen (secondary N) is 1. The number of rotatable bonds is 1. The monoisotopic (exact) mass is 217 g/mol. The van der Waals surface area contributed by atoms with Crippen molar-refractivity contribution in [3.8, 4) is 0 Å². The first-order chi connectivity index (χ1) is 7.86. The molecule has 0 spiro atoms. The van der Waals surface area contributed by atoms with Crippen molar-refractivity contribution < 1.29 is 5.11 Å². The van der Waals surface area contributed by atoms with Crippen LogP contribution in [0.1, 0.15) is 37.2 Å². The molecule has 1 aromatic rings. The lowest BCUT2D eigenvalue weighted by molar-refractivity contribution is 0.0580. The third-order valence-electron chi connectivity index (χ3n) is 4.17. The summed E-state index contributed by atoms with van der Waals surface area (Å²) >= 11 is 0. The van der Waals surface area contributed by atoms with Gasteiger partial charge in [-0.25, -0.2) is 0 Å². The first-order valence-corrected chi connectivity index (χ1v) is 6.37. The molecule has 1 heterocycles. The molecule has 0 saturated heterocycles. The summed E-state index contributed by atoms with van der Waals surface area (Å²) in [6.07, 6.45) is 4.55. The van der Waals surface area contributed by atoms with E-state index in [9.17, 15) is 5.11 Å². The molecule has 1 fully saturated rings. The van der Waals surface area contributed by atoms with Gasteiger partial charge >= 0.3 is 0 Å². The van der Waals surface area contributed by atoms with Crippen molar-refractivity contribution in [2.75, 3.05) is 11.9 Å². The Bertz CT molecular complexity index is 377. The molecular weight excluding hydrogens is 198 g/mol. The molecule has 2 aliphatic rings. The van der Waals surface area contributed by atoms with Crippen LogP contribution in [0.15, 0.2) is 24.3 Å². The highest BCUT2D eigenvalue weighted by Gasteiger charge is 2.35. The predicted octanol–water partition coefficient (Wildman–Crippen LogP) is 2.75. The molecule has 0 radical (unpaired) electrons. The standard InChI is InChI=1S/C14H19NO/c16-14-8-4-2-6-11(14)12-9-15-13-7-3-1-5-10(12)13/h1,3,5,7,11-12,14-16H,2,4,6,8-9H2. The van der Waals surface area contributed by atoms with Gasteiger partial charge < -0.3 is 10.4 Å². The molecule has 2 N–H and O–H groups in total. The molecule has 0 amide bonds. The van der Waals surface area contributed by atoms with E-state index >= 15 is 0 Å². The predicted molar refractivity (Wildman–Crippen MR) is 65.6 cm³/mol. The second-order valence-corrected chi connectivity index (χ2v) is 5.09. The van der Waals surface area contributed by atoms with Gasteiger partial charge in [0.1, 0.15) is 0 Å². The maximum atomic E-state index is 10.1. The van der Waals surface area contributed by atoms with E-state index in [1.54, 1.807) is 0 Å². The lowest BCUT2D eigenvalue weighted by atomic mass is 9.76. The van der Waals surface area contributed by atoms with Crippen molar-refractivity contribution in [2.24, 2.45) is 5.92 Å². The zero-order valence-electron chi connectivity index (χ0n) is 9.52. The smallest absolute Gasteiger partial charge is 0.0574 e. The van der Waals surface area contributed by atoms with Crippen LogP contribution in [0, 0.1) is 5.92 Å². The average Bonchev–Trinajstić information content (AvgIpc) is 2.74. The largest absolute Gasteiger partial charge is 0.393 e. The van der Waals surface area contributed by atoms with Gasteiger partial charge in [0.2, 0.25) is 0 Å². The van der Waals surface area contributed by atoms with E-state index in [1.165, 1.54) is 30.5 Å². The Morgan fingerprint density at radius 1 is 1.12 bits per heavy atom. The second-order valence-electron chi connectivity index (χ2n) is 5.09. The summed E-state index contributed by atoms with van der Waals surface area (Å²) in [6.45, 7) is 1.00. The van der Waals surface area contributed by atoms with E-state index in [0.29, 0.717) is 11.8 Å². The third kappa shape index (κ3) is 1.61. The van der Waals surface area contributed by atoms with Crippen LogP contribution in [0.25, 0.3) is 0 Å². The first kappa shape index (κ1) is 10.2. The van der Waals surface area contributed by atoms with E-state index in [4.69, 9.17) is 0 Å². The average molecular weight is 217 g/mol. The number of aliphatic hydroxyl groups excluding tert-OH is 1. The Morgan fingerprint density at radius 3 is 2.81 bits per heavy atom. The molecule has 3 rings (SSSR count). The lowest BCUT2D eigenvalue weighted by Gasteiger charge is -2.32. The number of anilines is 1. The maximum absolute atomic E-state index is 10.1. The quantitative estimate of drug-likeness (QED) is 0.758. The highest BCUT2D eigenvalue weighted by Crippen LogP contribution is 2.42. The Hall–Kier alpha value is -1.02. The molecule has 2 heteroatoms. The molecule has 1 aromatic carbocycles. The van der Waals surface area contributed by atoms with Crippen LogP contribution in [0.4, 0.5) is 5.69 Å². The van der Waals surface area contributed by atoms with Gasteiger partial charge in [-0.1, -0.05) is 31.0 Å². The lowest BCUT2D eigenvalue weighted by Crippen LogP contribution is -2.30. The molecular formula is C14H19NO. The summed E-state index contributed by atoms with van der Waals surface area (Å²) in [5, 5.41) is 13.6. The number of aliphatic hydroxyl groups is 1. The topological polar surface area (TPSA) is 32.3 Å². The Balaban J connectivity index is 1.86. The first-order valence-electron chi connectivity index (χ1n) is 6.37. The molecule has 3 atom stereocenters. The van der Waals surface area contributed by atoms with Crippen LogP contribution >= 0.6 is 0 Å². The molecule has 2 nitrogen and oxygen atoms in total. The van der Waals surface area contributed by atoms with Crippen molar-refractivity contribution >= 4 is 5.69 Å². The second kappa shape index (κ2) is 4.10. The van der Waals surface area contributed by atoms with Crippen molar-refractivity contribution in [2.45, 2.75) is 37.7 Å². The zero-order chi connectivity index (χ0) is 11.0. The summed E-state index contributed by atoms with van der Waals surface area (Å²) in [4.78, 5) is 0. The van der Waals surface area contributed by atoms with Gasteiger partial charge in [-0.15, -0.1) is 0 Å². The molecule has 3 unspecified atom stereocenters. The molecule has 0 bridgehead atoms. The fourth-order valence-electron chi connectivity index (χ4n) is 3.30. The number of para-hydroxylation sites is 1. The zero-order valence-corrected chi connectivity index (χ0v) is 9.52. The van der Waals surface area contributed by atoms with Crippen molar-refractivity contribution in [1.29, 1.82) is 0 Å². The number of hydrogen-bond donors (Lipinski definition) is 2. The van der Waals surface area contributed by atoms with E-state index in [-0.39, 0.29) is 6.10 Å². The molecule has 1 aliphatic carbocycles. The summed E-state index contributed by atoms with van der Waals surface area (Å²) < 4.78 is 0. The van der Waals surface area contributed by atoms with E-state index in [2.05, 4.69) is 29.6 Å². The molecule has 1 saturated carbocycles. The van der Waals surface area contributed by atoms with Gasteiger partial charge in [0, 0.05) is 18.2 Å². The highest BCUT2D eigenvalue weighted by atomic mass is 16.3. The van der Waals surface area contributed by atoms with Crippen LogP contribution in [0.5, 0.6) is 0 Å². The van der Waals surface area contributed by atoms with Gasteiger partial charge in [0.15, 0.2) is 0 Å². The minimum atomic E-state index is -0.0910. The van der Waals surface area contributed by atoms with Crippen LogP contribution in [0.2, 0.25) is 0 Å². The van der Waals surface area contributed by atoms with Gasteiger partial charge in [-0.2, -0.15) is 0 Å². The summed E-state index contributed by atoms with van der Waals surface area (Å²) in [6, 6.07) is 8.53. The maximum Gasteiger partial charge on any atom is 0.0574 e. The van der Waals surface area contributed by atoms with Crippen LogP contribution in [0.3, 0.4) is 0 Å². The minimum absolute atomic E-state index is 0.0910. The summed E-state index contributed by atoms with van der Waals surface area (Å²) in [5.41, 5.74) is 2.68. The molecule has 86 valence electrons. The van der Waals surface area contributed by atoms with Crippen LogP contribution < -0.4 is 5.32 Å². The van der Waals surface area contributed by atoms with Crippen molar-refractivity contribution in [1.82, 2.24) is 0 Å². The highest BCUT2D eigenvalue weighted by molar-refractivity contribution is 5.57. The van der Waals surface area contributed by atoms with Crippen molar-refractivity contribution in [3.63, 3.8) is 0 Å². The fraction of sp³-hybridized carbons (Fsp3) is 0.571. The van der Waals surface area contributed by atoms with E-state index < -0.39 is 0 Å². The molecule has 16 heavy (non-hydrogen) atoms. The SMILES string of the molecule is OC1CCCCC1C1CNc2ccccc21. The fourth-order valence-corrected chi connectivity index (χ4v) is 3.30. The number of hydrogen-bond acceptors (Lipinski definition) is 2. The Labute approximate surface area is 96.7 Å². The summed E-state index contributed by atoms with van der Waals surface area (Å²) in [5.74, 6) is 0.983. The van der Waals surface area contributed by atoms with E-state index in [0.717, 1.165) is 13.0 Å². The van der Waals surface area contributed by atoms with Crippen LogP contribution in [-0.4, -0.2) is 17.8 Å². The number of benzene rings is 1. The normalized spacial score (nSPS) is 33.2. The van der Waals surface area contributed by atoms with E-state index in [1.807, 2.05) is 0 Å². The van der Waals surface area contributed by atoms with Gasteiger partial charge in [-0.05, 0) is 30.4 Å². The third-order valence-corrected chi connectivity index (χ3v) is 4.17. The van der Waals surface area contributed by atoms with Crippen molar-refractivity contribution in [3.05, 3.63) is 29.8 Å². The van der Waals surface area contributed by atoms with Crippen LogP contribution in [-0.2, 0) is 0 Å².